The minimum Gasteiger partial charge on any atom is -0.283 e. The molecule has 2 aromatic heterocycles. The first-order chi connectivity index (χ1) is 14.6. The fraction of sp³-hybridized carbons (Fsp3) is 0.167. The van der Waals surface area contributed by atoms with E-state index in [-0.39, 0.29) is 10.8 Å². The van der Waals surface area contributed by atoms with Crippen LogP contribution in [0.5, 0.6) is 0 Å². The summed E-state index contributed by atoms with van der Waals surface area (Å²) in [4.78, 5) is 20.1. The van der Waals surface area contributed by atoms with Crippen molar-refractivity contribution < 1.29 is 0 Å². The first-order valence-corrected chi connectivity index (χ1v) is 11.8. The number of thiophene rings is 1. The van der Waals surface area contributed by atoms with E-state index in [9.17, 15) is 4.79 Å². The van der Waals surface area contributed by atoms with Crippen LogP contribution in [0.1, 0.15) is 28.2 Å². The van der Waals surface area contributed by atoms with E-state index in [2.05, 4.69) is 25.6 Å². The van der Waals surface area contributed by atoms with Crippen LogP contribution >= 0.6 is 34.7 Å². The molecular formula is C24H21ClN2OS2. The van der Waals surface area contributed by atoms with Gasteiger partial charge in [-0.1, -0.05) is 78.8 Å². The van der Waals surface area contributed by atoms with Crippen molar-refractivity contribution in [2.75, 3.05) is 0 Å². The molecule has 0 aliphatic carbocycles. The Morgan fingerprint density at radius 1 is 1.17 bits per heavy atom. The topological polar surface area (TPSA) is 34.9 Å². The fourth-order valence-electron chi connectivity index (χ4n) is 3.30. The summed E-state index contributed by atoms with van der Waals surface area (Å²) in [5, 5.41) is 2.06. The second-order valence-electron chi connectivity index (χ2n) is 6.84. The molecule has 0 unspecified atom stereocenters. The number of fused-ring (bicyclic) bond motifs is 1. The molecule has 0 saturated carbocycles. The molecule has 3 nitrogen and oxygen atoms in total. The van der Waals surface area contributed by atoms with Crippen molar-refractivity contribution in [3.63, 3.8) is 0 Å². The Hall–Kier alpha value is -2.34. The van der Waals surface area contributed by atoms with E-state index in [0.29, 0.717) is 22.1 Å². The number of hydrogen-bond acceptors (Lipinski definition) is 4. The van der Waals surface area contributed by atoms with Crippen molar-refractivity contribution in [2.24, 2.45) is 0 Å². The van der Waals surface area contributed by atoms with E-state index in [1.165, 1.54) is 4.88 Å². The molecule has 0 spiro atoms. The summed E-state index contributed by atoms with van der Waals surface area (Å²) in [7, 11) is 0. The third-order valence-corrected chi connectivity index (χ3v) is 7.55. The van der Waals surface area contributed by atoms with E-state index in [1.807, 2.05) is 48.5 Å². The summed E-state index contributed by atoms with van der Waals surface area (Å²) < 4.78 is 1.72. The SMILES string of the molecule is C=CCn1c(S[C@@H](c2ccccc2)c2ccc(Cl)cc2)nc2sc(CC)cc2c1=O. The Morgan fingerprint density at radius 2 is 1.87 bits per heavy atom. The predicted molar refractivity (Wildman–Crippen MR) is 129 cm³/mol. The highest BCUT2D eigenvalue weighted by molar-refractivity contribution is 7.99. The molecule has 4 aromatic rings. The van der Waals surface area contributed by atoms with Crippen LogP contribution in [0.3, 0.4) is 0 Å². The summed E-state index contributed by atoms with van der Waals surface area (Å²) in [5.74, 6) is 0. The Bertz CT molecular complexity index is 1230. The van der Waals surface area contributed by atoms with Gasteiger partial charge in [0, 0.05) is 16.4 Å². The van der Waals surface area contributed by atoms with Crippen LogP contribution < -0.4 is 5.56 Å². The Labute approximate surface area is 189 Å². The van der Waals surface area contributed by atoms with Gasteiger partial charge in [-0.25, -0.2) is 4.98 Å². The van der Waals surface area contributed by atoms with Crippen LogP contribution in [-0.4, -0.2) is 9.55 Å². The maximum Gasteiger partial charge on any atom is 0.263 e. The molecule has 0 amide bonds. The van der Waals surface area contributed by atoms with Gasteiger partial charge in [0.05, 0.1) is 10.6 Å². The number of hydrogen-bond donors (Lipinski definition) is 0. The summed E-state index contributed by atoms with van der Waals surface area (Å²) in [6.07, 6.45) is 2.63. The highest BCUT2D eigenvalue weighted by Gasteiger charge is 2.21. The molecule has 1 atom stereocenters. The lowest BCUT2D eigenvalue weighted by molar-refractivity contribution is 0.671. The van der Waals surface area contributed by atoms with Crippen molar-refractivity contribution in [3.8, 4) is 0 Å². The first-order valence-electron chi connectivity index (χ1n) is 9.72. The number of thioether (sulfide) groups is 1. The standard InChI is InChI=1S/C24H21ClN2OS2/c1-3-14-27-23(28)20-15-19(4-2)29-22(20)26-24(27)30-21(16-8-6-5-7-9-16)17-10-12-18(25)13-11-17/h3,5-13,15,21H,1,4,14H2,2H3/t21-/m0/s1. The average Bonchev–Trinajstić information content (AvgIpc) is 3.19. The number of benzene rings is 2. The third kappa shape index (κ3) is 4.24. The number of aromatic nitrogens is 2. The second-order valence-corrected chi connectivity index (χ2v) is 9.47. The predicted octanol–water partition coefficient (Wildman–Crippen LogP) is 6.74. The monoisotopic (exact) mass is 452 g/mol. The van der Waals surface area contributed by atoms with Crippen molar-refractivity contribution in [1.82, 2.24) is 9.55 Å². The Morgan fingerprint density at radius 3 is 2.53 bits per heavy atom. The van der Waals surface area contributed by atoms with Gasteiger partial charge < -0.3 is 0 Å². The van der Waals surface area contributed by atoms with Crippen LogP contribution in [0, 0.1) is 0 Å². The van der Waals surface area contributed by atoms with E-state index >= 15 is 0 Å². The zero-order valence-corrected chi connectivity index (χ0v) is 18.9. The van der Waals surface area contributed by atoms with E-state index in [1.54, 1.807) is 33.7 Å². The van der Waals surface area contributed by atoms with Gasteiger partial charge in [-0.3, -0.25) is 9.36 Å². The second kappa shape index (κ2) is 9.21. The molecule has 6 heteroatoms. The summed E-state index contributed by atoms with van der Waals surface area (Å²) in [6.45, 7) is 6.35. The van der Waals surface area contributed by atoms with Crippen molar-refractivity contribution in [1.29, 1.82) is 0 Å². The molecule has 0 aliphatic heterocycles. The maximum absolute atomic E-state index is 13.2. The van der Waals surface area contributed by atoms with E-state index < -0.39 is 0 Å². The molecule has 30 heavy (non-hydrogen) atoms. The van der Waals surface area contributed by atoms with Gasteiger partial charge in [-0.2, -0.15) is 0 Å². The molecule has 0 radical (unpaired) electrons. The largest absolute Gasteiger partial charge is 0.283 e. The lowest BCUT2D eigenvalue weighted by atomic mass is 10.0. The smallest absolute Gasteiger partial charge is 0.263 e. The molecule has 0 saturated heterocycles. The molecule has 152 valence electrons. The number of allylic oxidation sites excluding steroid dienone is 1. The molecule has 0 aliphatic rings. The fourth-order valence-corrected chi connectivity index (χ4v) is 5.67. The average molecular weight is 453 g/mol. The van der Waals surface area contributed by atoms with Crippen molar-refractivity contribution in [2.45, 2.75) is 30.3 Å². The van der Waals surface area contributed by atoms with Crippen molar-refractivity contribution in [3.05, 3.63) is 105 Å². The Kier molecular flexibility index (Phi) is 6.42. The van der Waals surface area contributed by atoms with Gasteiger partial charge in [-0.15, -0.1) is 17.9 Å². The highest BCUT2D eigenvalue weighted by atomic mass is 35.5. The van der Waals surface area contributed by atoms with Gasteiger partial charge in [0.1, 0.15) is 4.83 Å². The number of rotatable bonds is 7. The zero-order valence-electron chi connectivity index (χ0n) is 16.5. The van der Waals surface area contributed by atoms with Crippen LogP contribution in [0.4, 0.5) is 0 Å². The quantitative estimate of drug-likeness (QED) is 0.177. The molecule has 2 heterocycles. The van der Waals surface area contributed by atoms with Crippen LogP contribution in [0.15, 0.2) is 83.3 Å². The first kappa shape index (κ1) is 20.9. The Balaban J connectivity index is 1.86. The molecule has 0 N–H and O–H groups in total. The molecule has 0 bridgehead atoms. The normalized spacial score (nSPS) is 12.2. The lowest BCUT2D eigenvalue weighted by Gasteiger charge is -2.19. The third-order valence-electron chi connectivity index (χ3n) is 4.83. The van der Waals surface area contributed by atoms with Crippen LogP contribution in [-0.2, 0) is 13.0 Å². The molecule has 0 fully saturated rings. The van der Waals surface area contributed by atoms with Crippen LogP contribution in [0.2, 0.25) is 5.02 Å². The number of nitrogens with zero attached hydrogens (tertiary/aromatic N) is 2. The van der Waals surface area contributed by atoms with Gasteiger partial charge >= 0.3 is 0 Å². The van der Waals surface area contributed by atoms with E-state index in [4.69, 9.17) is 16.6 Å². The van der Waals surface area contributed by atoms with Gasteiger partial charge in [-0.05, 0) is 35.7 Å². The summed E-state index contributed by atoms with van der Waals surface area (Å²) in [6, 6.07) is 20.1. The van der Waals surface area contributed by atoms with E-state index in [0.717, 1.165) is 22.4 Å². The van der Waals surface area contributed by atoms with Gasteiger partial charge in [0.25, 0.3) is 5.56 Å². The van der Waals surface area contributed by atoms with Gasteiger partial charge in [0.2, 0.25) is 0 Å². The minimum absolute atomic E-state index is 0.0127. The minimum atomic E-state index is -0.0190. The summed E-state index contributed by atoms with van der Waals surface area (Å²) in [5.41, 5.74) is 2.24. The molecular weight excluding hydrogens is 432 g/mol. The summed E-state index contributed by atoms with van der Waals surface area (Å²) >= 11 is 9.29. The number of halogens is 1. The van der Waals surface area contributed by atoms with Crippen molar-refractivity contribution >= 4 is 44.9 Å². The highest BCUT2D eigenvalue weighted by Crippen LogP contribution is 2.40. The van der Waals surface area contributed by atoms with Crippen LogP contribution in [0.25, 0.3) is 10.2 Å². The molecule has 4 rings (SSSR count). The lowest BCUT2D eigenvalue weighted by Crippen LogP contribution is -2.22. The molecule has 2 aromatic carbocycles. The van der Waals surface area contributed by atoms with Gasteiger partial charge in [0.15, 0.2) is 5.16 Å². The number of aryl methyl sites for hydroxylation is 1. The zero-order chi connectivity index (χ0) is 21.1. The maximum atomic E-state index is 13.2.